The third-order valence-corrected chi connectivity index (χ3v) is 6.85. The number of sulfonamides is 1. The van der Waals surface area contributed by atoms with Crippen molar-refractivity contribution in [2.24, 2.45) is 0 Å². The summed E-state index contributed by atoms with van der Waals surface area (Å²) in [5.41, 5.74) is 2.10. The predicted octanol–water partition coefficient (Wildman–Crippen LogP) is 3.51. The summed E-state index contributed by atoms with van der Waals surface area (Å²) in [6.45, 7) is 1.97. The van der Waals surface area contributed by atoms with Gasteiger partial charge < -0.3 is 10.1 Å². The SMILES string of the molecule is Cc1ccccc1OCCNC(=O)CN1c2ccc(F)cc2-c2ccccc2S1(=O)=O. The molecule has 31 heavy (non-hydrogen) atoms. The molecular formula is C23H21FN2O4S. The summed E-state index contributed by atoms with van der Waals surface area (Å²) in [5, 5.41) is 2.68. The van der Waals surface area contributed by atoms with Crippen LogP contribution in [0.15, 0.2) is 71.6 Å². The smallest absolute Gasteiger partial charge is 0.265 e. The maximum Gasteiger partial charge on any atom is 0.265 e. The van der Waals surface area contributed by atoms with Crippen LogP contribution in [-0.4, -0.2) is 34.0 Å². The number of carbonyl (C=O) groups excluding carboxylic acids is 1. The lowest BCUT2D eigenvalue weighted by atomic mass is 10.0. The van der Waals surface area contributed by atoms with Crippen LogP contribution in [0.25, 0.3) is 11.1 Å². The molecule has 3 aromatic rings. The number of hydrogen-bond donors (Lipinski definition) is 1. The van der Waals surface area contributed by atoms with Crippen molar-refractivity contribution in [2.75, 3.05) is 24.0 Å². The quantitative estimate of drug-likeness (QED) is 0.596. The van der Waals surface area contributed by atoms with Crippen LogP contribution in [0.5, 0.6) is 5.75 Å². The van der Waals surface area contributed by atoms with E-state index < -0.39 is 28.3 Å². The van der Waals surface area contributed by atoms with E-state index >= 15 is 0 Å². The molecule has 3 aromatic carbocycles. The second-order valence-corrected chi connectivity index (χ2v) is 8.96. The molecule has 0 bridgehead atoms. The zero-order valence-electron chi connectivity index (χ0n) is 16.8. The van der Waals surface area contributed by atoms with Gasteiger partial charge in [-0.1, -0.05) is 36.4 Å². The number of benzene rings is 3. The molecule has 0 fully saturated rings. The number of nitrogens with zero attached hydrogens (tertiary/aromatic N) is 1. The van der Waals surface area contributed by atoms with Gasteiger partial charge in [-0.05, 0) is 42.8 Å². The van der Waals surface area contributed by atoms with Gasteiger partial charge in [-0.25, -0.2) is 12.8 Å². The number of anilines is 1. The topological polar surface area (TPSA) is 75.7 Å². The summed E-state index contributed by atoms with van der Waals surface area (Å²) in [7, 11) is -3.96. The van der Waals surface area contributed by atoms with Crippen molar-refractivity contribution in [2.45, 2.75) is 11.8 Å². The van der Waals surface area contributed by atoms with E-state index in [2.05, 4.69) is 5.32 Å². The Hall–Kier alpha value is -3.39. The third-order valence-electron chi connectivity index (χ3n) is 5.04. The fourth-order valence-corrected chi connectivity index (χ4v) is 5.18. The number of fused-ring (bicyclic) bond motifs is 3. The zero-order chi connectivity index (χ0) is 22.0. The standard InChI is InChI=1S/C23H21FN2O4S/c1-16-6-2-4-8-21(16)30-13-12-25-23(27)15-26-20-11-10-17(24)14-19(20)18-7-3-5-9-22(18)31(26,28)29/h2-11,14H,12-13,15H2,1H3,(H,25,27). The summed E-state index contributed by atoms with van der Waals surface area (Å²) in [4.78, 5) is 12.6. The van der Waals surface area contributed by atoms with Crippen molar-refractivity contribution in [3.05, 3.63) is 78.1 Å². The average molecular weight is 440 g/mol. The maximum absolute atomic E-state index is 13.9. The number of ether oxygens (including phenoxy) is 1. The summed E-state index contributed by atoms with van der Waals surface area (Å²) in [6.07, 6.45) is 0. The lowest BCUT2D eigenvalue weighted by molar-refractivity contribution is -0.119. The highest BCUT2D eigenvalue weighted by Gasteiger charge is 2.35. The highest BCUT2D eigenvalue weighted by molar-refractivity contribution is 7.93. The molecule has 1 heterocycles. The van der Waals surface area contributed by atoms with Crippen molar-refractivity contribution in [1.82, 2.24) is 5.32 Å². The fraction of sp³-hybridized carbons (Fsp3) is 0.174. The van der Waals surface area contributed by atoms with Gasteiger partial charge in [0.1, 0.15) is 24.7 Å². The van der Waals surface area contributed by atoms with Gasteiger partial charge in [-0.2, -0.15) is 0 Å². The Labute approximate surface area is 180 Å². The van der Waals surface area contributed by atoms with Crippen LogP contribution >= 0.6 is 0 Å². The van der Waals surface area contributed by atoms with Crippen LogP contribution in [0, 0.1) is 12.7 Å². The van der Waals surface area contributed by atoms with E-state index in [1.54, 1.807) is 18.2 Å². The first-order valence-corrected chi connectivity index (χ1v) is 11.2. The molecule has 4 rings (SSSR count). The van der Waals surface area contributed by atoms with Gasteiger partial charge in [0.25, 0.3) is 10.0 Å². The highest BCUT2D eigenvalue weighted by atomic mass is 32.2. The van der Waals surface area contributed by atoms with Gasteiger partial charge in [-0.15, -0.1) is 0 Å². The first-order chi connectivity index (χ1) is 14.9. The van der Waals surface area contributed by atoms with E-state index in [4.69, 9.17) is 4.74 Å². The van der Waals surface area contributed by atoms with Gasteiger partial charge in [0.05, 0.1) is 17.1 Å². The van der Waals surface area contributed by atoms with Crippen LogP contribution in [0.4, 0.5) is 10.1 Å². The van der Waals surface area contributed by atoms with Gasteiger partial charge in [0.2, 0.25) is 5.91 Å². The second-order valence-electron chi connectivity index (χ2n) is 7.13. The van der Waals surface area contributed by atoms with Crippen molar-refractivity contribution in [3.63, 3.8) is 0 Å². The van der Waals surface area contributed by atoms with Gasteiger partial charge in [0, 0.05) is 11.1 Å². The number of rotatable bonds is 6. The molecule has 1 aliphatic heterocycles. The minimum atomic E-state index is -3.96. The van der Waals surface area contributed by atoms with E-state index in [-0.39, 0.29) is 23.7 Å². The minimum absolute atomic E-state index is 0.0452. The van der Waals surface area contributed by atoms with E-state index in [1.807, 2.05) is 31.2 Å². The summed E-state index contributed by atoms with van der Waals surface area (Å²) in [5.74, 6) is -0.236. The lowest BCUT2D eigenvalue weighted by Gasteiger charge is -2.31. The summed E-state index contributed by atoms with van der Waals surface area (Å²) < 4.78 is 46.9. The normalized spacial score (nSPS) is 13.8. The molecule has 0 unspecified atom stereocenters. The Morgan fingerprint density at radius 1 is 1.03 bits per heavy atom. The monoisotopic (exact) mass is 440 g/mol. The van der Waals surface area contributed by atoms with E-state index in [1.165, 1.54) is 24.3 Å². The molecule has 0 atom stereocenters. The Morgan fingerprint density at radius 2 is 1.77 bits per heavy atom. The first-order valence-electron chi connectivity index (χ1n) is 9.75. The number of aryl methyl sites for hydroxylation is 1. The molecule has 6 nitrogen and oxygen atoms in total. The fourth-order valence-electron chi connectivity index (χ4n) is 3.53. The van der Waals surface area contributed by atoms with Gasteiger partial charge in [-0.3, -0.25) is 9.10 Å². The molecule has 0 saturated carbocycles. The Morgan fingerprint density at radius 3 is 2.58 bits per heavy atom. The van der Waals surface area contributed by atoms with E-state index in [9.17, 15) is 17.6 Å². The third kappa shape index (κ3) is 4.11. The molecule has 0 saturated heterocycles. The number of hydrogen-bond acceptors (Lipinski definition) is 4. The van der Waals surface area contributed by atoms with Crippen molar-refractivity contribution in [3.8, 4) is 16.9 Å². The first kappa shape index (κ1) is 20.9. The van der Waals surface area contributed by atoms with Crippen LogP contribution in [-0.2, 0) is 14.8 Å². The highest BCUT2D eigenvalue weighted by Crippen LogP contribution is 2.42. The zero-order valence-corrected chi connectivity index (χ0v) is 17.7. The number of carbonyl (C=O) groups is 1. The van der Waals surface area contributed by atoms with Gasteiger partial charge >= 0.3 is 0 Å². The Bertz CT molecular complexity index is 1240. The molecule has 1 amide bonds. The van der Waals surface area contributed by atoms with Crippen LogP contribution in [0.3, 0.4) is 0 Å². The van der Waals surface area contributed by atoms with Crippen LogP contribution in [0.2, 0.25) is 0 Å². The minimum Gasteiger partial charge on any atom is -0.491 e. The number of amides is 1. The lowest BCUT2D eigenvalue weighted by Crippen LogP contribution is -2.43. The van der Waals surface area contributed by atoms with Crippen molar-refractivity contribution >= 4 is 21.6 Å². The largest absolute Gasteiger partial charge is 0.491 e. The molecule has 8 heteroatoms. The molecule has 0 aromatic heterocycles. The second kappa shape index (κ2) is 8.39. The summed E-state index contributed by atoms with van der Waals surface area (Å²) in [6, 6.07) is 17.8. The molecule has 0 radical (unpaired) electrons. The summed E-state index contributed by atoms with van der Waals surface area (Å²) >= 11 is 0. The Kier molecular flexibility index (Phi) is 5.65. The van der Waals surface area contributed by atoms with Crippen molar-refractivity contribution < 1.29 is 22.3 Å². The van der Waals surface area contributed by atoms with Crippen LogP contribution in [0.1, 0.15) is 5.56 Å². The molecule has 1 N–H and O–H groups in total. The number of para-hydroxylation sites is 1. The molecule has 0 aliphatic carbocycles. The average Bonchev–Trinajstić information content (AvgIpc) is 2.75. The Balaban J connectivity index is 1.49. The predicted molar refractivity (Wildman–Crippen MR) is 116 cm³/mol. The van der Waals surface area contributed by atoms with Gasteiger partial charge in [0.15, 0.2) is 0 Å². The number of nitrogens with one attached hydrogen (secondary N) is 1. The molecule has 160 valence electrons. The maximum atomic E-state index is 13.9. The molecule has 1 aliphatic rings. The molecule has 0 spiro atoms. The van der Waals surface area contributed by atoms with E-state index in [0.717, 1.165) is 15.6 Å². The van der Waals surface area contributed by atoms with Crippen LogP contribution < -0.4 is 14.4 Å². The van der Waals surface area contributed by atoms with E-state index in [0.29, 0.717) is 11.1 Å². The van der Waals surface area contributed by atoms with Crippen molar-refractivity contribution in [1.29, 1.82) is 0 Å². The number of halogens is 1. The molecular weight excluding hydrogens is 419 g/mol.